The number of rotatable bonds is 2. The Hall–Kier alpha value is -1.03. The monoisotopic (exact) mass is 182 g/mol. The van der Waals surface area contributed by atoms with Gasteiger partial charge in [-0.3, -0.25) is 9.78 Å². The molecule has 1 heterocycles. The molecule has 0 bridgehead atoms. The lowest BCUT2D eigenvalue weighted by Gasteiger charge is -2.10. The normalized spacial score (nSPS) is 12.2. The highest BCUT2D eigenvalue weighted by atomic mass is 32.1. The van der Waals surface area contributed by atoms with E-state index >= 15 is 0 Å². The predicted octanol–water partition coefficient (Wildman–Crippen LogP) is 1.15. The lowest BCUT2D eigenvalue weighted by atomic mass is 10.2. The molecule has 0 spiro atoms. The van der Waals surface area contributed by atoms with Gasteiger partial charge in [0.1, 0.15) is 0 Å². The van der Waals surface area contributed by atoms with Crippen molar-refractivity contribution in [1.29, 1.82) is 0 Å². The second-order valence-corrected chi connectivity index (χ2v) is 2.90. The van der Waals surface area contributed by atoms with Crippen LogP contribution in [0, 0.1) is 0 Å². The fourth-order valence-corrected chi connectivity index (χ4v) is 1.18. The quantitative estimate of drug-likeness (QED) is 0.532. The summed E-state index contributed by atoms with van der Waals surface area (Å²) >= 11 is 4.20. The minimum Gasteiger partial charge on any atom is -0.341 e. The van der Waals surface area contributed by atoms with Gasteiger partial charge in [0.05, 0.1) is 5.37 Å². The van der Waals surface area contributed by atoms with E-state index in [1.165, 1.54) is 6.92 Å². The fraction of sp³-hybridized carbons (Fsp3) is 0.250. The molecule has 0 aliphatic rings. The summed E-state index contributed by atoms with van der Waals surface area (Å²) in [5, 5.41) is 2.41. The highest BCUT2D eigenvalue weighted by Crippen LogP contribution is 2.14. The van der Waals surface area contributed by atoms with Crippen LogP contribution in [0.25, 0.3) is 0 Å². The second-order valence-electron chi connectivity index (χ2n) is 2.38. The van der Waals surface area contributed by atoms with E-state index in [4.69, 9.17) is 0 Å². The Morgan fingerprint density at radius 1 is 1.58 bits per heavy atom. The molecule has 1 N–H and O–H groups in total. The van der Waals surface area contributed by atoms with Gasteiger partial charge in [-0.1, -0.05) is 0 Å². The van der Waals surface area contributed by atoms with Crippen molar-refractivity contribution < 1.29 is 4.79 Å². The Balaban J connectivity index is 2.65. The van der Waals surface area contributed by atoms with E-state index in [1.807, 2.05) is 12.1 Å². The van der Waals surface area contributed by atoms with Gasteiger partial charge < -0.3 is 5.32 Å². The van der Waals surface area contributed by atoms with E-state index in [0.29, 0.717) is 0 Å². The number of carbonyl (C=O) groups is 1. The average molecular weight is 182 g/mol. The van der Waals surface area contributed by atoms with E-state index in [1.54, 1.807) is 12.4 Å². The van der Waals surface area contributed by atoms with E-state index in [-0.39, 0.29) is 11.3 Å². The first kappa shape index (κ1) is 9.06. The Labute approximate surface area is 76.6 Å². The minimum atomic E-state index is -0.245. The molecule has 0 fully saturated rings. The van der Waals surface area contributed by atoms with Crippen LogP contribution >= 0.6 is 12.6 Å². The number of pyridine rings is 1. The van der Waals surface area contributed by atoms with Crippen LogP contribution in [-0.2, 0) is 4.79 Å². The lowest BCUT2D eigenvalue weighted by Crippen LogP contribution is -2.21. The van der Waals surface area contributed by atoms with Crippen molar-refractivity contribution >= 4 is 18.5 Å². The van der Waals surface area contributed by atoms with Crippen molar-refractivity contribution in [1.82, 2.24) is 10.3 Å². The maximum atomic E-state index is 10.7. The van der Waals surface area contributed by atoms with Crippen LogP contribution in [0.2, 0.25) is 0 Å². The number of thiol groups is 1. The van der Waals surface area contributed by atoms with Crippen LogP contribution in [0.1, 0.15) is 17.9 Å². The molecule has 1 aromatic heterocycles. The van der Waals surface area contributed by atoms with Gasteiger partial charge in [-0.15, -0.1) is 12.6 Å². The molecule has 1 amide bonds. The SMILES string of the molecule is CC(=O)NC(S)c1ccncc1. The van der Waals surface area contributed by atoms with E-state index < -0.39 is 0 Å². The number of amides is 1. The second kappa shape index (κ2) is 4.11. The topological polar surface area (TPSA) is 42.0 Å². The zero-order valence-electron chi connectivity index (χ0n) is 6.69. The number of hydrogen-bond acceptors (Lipinski definition) is 3. The Kier molecular flexibility index (Phi) is 3.10. The van der Waals surface area contributed by atoms with Gasteiger partial charge in [0, 0.05) is 19.3 Å². The van der Waals surface area contributed by atoms with Crippen molar-refractivity contribution in [3.63, 3.8) is 0 Å². The molecule has 1 aromatic rings. The molecule has 1 unspecified atom stereocenters. The Morgan fingerprint density at radius 3 is 2.67 bits per heavy atom. The number of carbonyl (C=O) groups excluding carboxylic acids is 1. The van der Waals surface area contributed by atoms with Crippen LogP contribution in [-0.4, -0.2) is 10.9 Å². The molecule has 1 atom stereocenters. The number of hydrogen-bond donors (Lipinski definition) is 2. The van der Waals surface area contributed by atoms with E-state index in [0.717, 1.165) is 5.56 Å². The number of aromatic nitrogens is 1. The van der Waals surface area contributed by atoms with Gasteiger partial charge in [0.25, 0.3) is 0 Å². The first-order valence-corrected chi connectivity index (χ1v) is 4.07. The molecule has 0 saturated heterocycles. The largest absolute Gasteiger partial charge is 0.341 e. The van der Waals surface area contributed by atoms with Crippen molar-refractivity contribution in [3.8, 4) is 0 Å². The Morgan fingerprint density at radius 2 is 2.17 bits per heavy atom. The van der Waals surface area contributed by atoms with Crippen LogP contribution in [0.5, 0.6) is 0 Å². The molecule has 0 aliphatic carbocycles. The first-order chi connectivity index (χ1) is 5.70. The molecule has 0 aliphatic heterocycles. The molecular formula is C8H10N2OS. The fourth-order valence-electron chi connectivity index (χ4n) is 0.822. The third kappa shape index (κ3) is 2.54. The zero-order valence-corrected chi connectivity index (χ0v) is 7.58. The molecule has 3 nitrogen and oxygen atoms in total. The van der Waals surface area contributed by atoms with E-state index in [9.17, 15) is 4.79 Å². The third-order valence-electron chi connectivity index (χ3n) is 1.36. The maximum Gasteiger partial charge on any atom is 0.217 e. The highest BCUT2D eigenvalue weighted by molar-refractivity contribution is 7.80. The summed E-state index contributed by atoms with van der Waals surface area (Å²) in [6.45, 7) is 1.46. The summed E-state index contributed by atoms with van der Waals surface area (Å²) in [6.07, 6.45) is 3.33. The summed E-state index contributed by atoms with van der Waals surface area (Å²) < 4.78 is 0. The van der Waals surface area contributed by atoms with Crippen LogP contribution in [0.3, 0.4) is 0 Å². The third-order valence-corrected chi connectivity index (χ3v) is 1.79. The summed E-state index contributed by atoms with van der Waals surface area (Å²) in [5.41, 5.74) is 0.934. The highest BCUT2D eigenvalue weighted by Gasteiger charge is 2.05. The molecule has 12 heavy (non-hydrogen) atoms. The van der Waals surface area contributed by atoms with Gasteiger partial charge in [0.15, 0.2) is 0 Å². The smallest absolute Gasteiger partial charge is 0.217 e. The molecular weight excluding hydrogens is 172 g/mol. The van der Waals surface area contributed by atoms with Gasteiger partial charge in [-0.25, -0.2) is 0 Å². The maximum absolute atomic E-state index is 10.7. The van der Waals surface area contributed by atoms with Crippen molar-refractivity contribution in [2.75, 3.05) is 0 Å². The minimum absolute atomic E-state index is 0.0909. The predicted molar refractivity (Wildman–Crippen MR) is 49.8 cm³/mol. The van der Waals surface area contributed by atoms with Crippen LogP contribution < -0.4 is 5.32 Å². The molecule has 0 radical (unpaired) electrons. The van der Waals surface area contributed by atoms with Crippen molar-refractivity contribution in [2.45, 2.75) is 12.3 Å². The van der Waals surface area contributed by atoms with E-state index in [2.05, 4.69) is 22.9 Å². The molecule has 0 saturated carbocycles. The van der Waals surface area contributed by atoms with Gasteiger partial charge in [0.2, 0.25) is 5.91 Å². The van der Waals surface area contributed by atoms with Gasteiger partial charge in [-0.05, 0) is 17.7 Å². The van der Waals surface area contributed by atoms with Gasteiger partial charge in [-0.2, -0.15) is 0 Å². The summed E-state index contributed by atoms with van der Waals surface area (Å²) in [6, 6.07) is 3.63. The van der Waals surface area contributed by atoms with Crippen LogP contribution in [0.15, 0.2) is 24.5 Å². The van der Waals surface area contributed by atoms with Crippen molar-refractivity contribution in [3.05, 3.63) is 30.1 Å². The number of nitrogens with zero attached hydrogens (tertiary/aromatic N) is 1. The van der Waals surface area contributed by atoms with Gasteiger partial charge >= 0.3 is 0 Å². The average Bonchev–Trinajstić information content (AvgIpc) is 2.05. The summed E-state index contributed by atoms with van der Waals surface area (Å²) in [4.78, 5) is 14.5. The lowest BCUT2D eigenvalue weighted by molar-refractivity contribution is -0.119. The zero-order chi connectivity index (χ0) is 8.97. The molecule has 1 rings (SSSR count). The van der Waals surface area contributed by atoms with Crippen LogP contribution in [0.4, 0.5) is 0 Å². The van der Waals surface area contributed by atoms with Crippen molar-refractivity contribution in [2.24, 2.45) is 0 Å². The summed E-state index contributed by atoms with van der Waals surface area (Å²) in [7, 11) is 0. The molecule has 4 heteroatoms. The number of nitrogens with one attached hydrogen (secondary N) is 1. The first-order valence-electron chi connectivity index (χ1n) is 3.55. The molecule has 0 aromatic carbocycles. The molecule has 64 valence electrons. The standard InChI is InChI=1S/C8H10N2OS/c1-6(11)10-8(12)7-2-4-9-5-3-7/h2-5,8,12H,1H3,(H,10,11). The Bertz CT molecular complexity index is 263. The summed E-state index contributed by atoms with van der Waals surface area (Å²) in [5.74, 6) is -0.0909.